The average molecular weight is 598 g/mol. The highest BCUT2D eigenvalue weighted by molar-refractivity contribution is 7.89. The van der Waals surface area contributed by atoms with Crippen molar-refractivity contribution in [2.45, 2.75) is 44.4 Å². The van der Waals surface area contributed by atoms with Crippen LogP contribution in [-0.2, 0) is 42.4 Å². The van der Waals surface area contributed by atoms with Crippen LogP contribution in [0.4, 0.5) is 8.78 Å². The molecule has 0 saturated heterocycles. The lowest BCUT2D eigenvalue weighted by Gasteiger charge is -2.26. The fourth-order valence-electron chi connectivity index (χ4n) is 4.03. The van der Waals surface area contributed by atoms with Crippen molar-refractivity contribution in [2.75, 3.05) is 26.9 Å². The summed E-state index contributed by atoms with van der Waals surface area (Å²) in [7, 11) is -7.54. The molecule has 12 heteroatoms. The normalized spacial score (nSPS) is 12.5. The van der Waals surface area contributed by atoms with Crippen LogP contribution in [0.3, 0.4) is 0 Å². The number of ether oxygens (including phenoxy) is 2. The minimum absolute atomic E-state index is 0.0380. The van der Waals surface area contributed by atoms with E-state index >= 15 is 8.78 Å². The molecule has 0 unspecified atom stereocenters. The van der Waals surface area contributed by atoms with Crippen molar-refractivity contribution < 1.29 is 40.3 Å². The van der Waals surface area contributed by atoms with Crippen molar-refractivity contribution in [1.29, 1.82) is 0 Å². The largest absolute Gasteiger partial charge is 0.495 e. The smallest absolute Gasteiger partial charge is 0.404 e. The standard InChI is InChI=1S/C28H34F2NO7PS/c1-5-36-25-13-9-8-12-23(25)21-31(40(33,34)27-15-11-10-14-26(27)35-4)20-22-16-18-24(19-17-22)28(29,30)39(32,37-6-2)38-7-3/h8-19H,5-7,20-21H2,1-4H3. The first-order valence-corrected chi connectivity index (χ1v) is 15.7. The van der Waals surface area contributed by atoms with Gasteiger partial charge in [-0.2, -0.15) is 13.1 Å². The molecule has 0 atom stereocenters. The number of alkyl halides is 2. The van der Waals surface area contributed by atoms with E-state index in [1.54, 1.807) is 42.5 Å². The predicted octanol–water partition coefficient (Wildman–Crippen LogP) is 6.80. The Balaban J connectivity index is 2.02. The SMILES string of the molecule is CCOc1ccccc1CN(Cc1ccc(C(F)(F)P(=O)(OCC)OCC)cc1)S(=O)(=O)c1ccccc1OC. The van der Waals surface area contributed by atoms with E-state index in [1.165, 1.54) is 43.5 Å². The summed E-state index contributed by atoms with van der Waals surface area (Å²) in [6.45, 7) is 4.47. The van der Waals surface area contributed by atoms with Gasteiger partial charge >= 0.3 is 13.3 Å². The second-order valence-electron chi connectivity index (χ2n) is 8.54. The van der Waals surface area contributed by atoms with E-state index in [-0.39, 0.29) is 36.9 Å². The highest BCUT2D eigenvalue weighted by Crippen LogP contribution is 2.66. The molecular weight excluding hydrogens is 563 g/mol. The third kappa shape index (κ3) is 6.90. The molecule has 218 valence electrons. The van der Waals surface area contributed by atoms with Gasteiger partial charge in [-0.1, -0.05) is 54.6 Å². The zero-order valence-corrected chi connectivity index (χ0v) is 24.6. The van der Waals surface area contributed by atoms with Gasteiger partial charge in [0.1, 0.15) is 16.4 Å². The van der Waals surface area contributed by atoms with Gasteiger partial charge in [0.2, 0.25) is 10.0 Å². The first-order valence-electron chi connectivity index (χ1n) is 12.7. The van der Waals surface area contributed by atoms with E-state index in [9.17, 15) is 13.0 Å². The number of rotatable bonds is 15. The number of hydrogen-bond acceptors (Lipinski definition) is 7. The molecule has 8 nitrogen and oxygen atoms in total. The quantitative estimate of drug-likeness (QED) is 0.178. The van der Waals surface area contributed by atoms with E-state index in [0.29, 0.717) is 23.5 Å². The van der Waals surface area contributed by atoms with Gasteiger partial charge in [-0.05, 0) is 44.5 Å². The van der Waals surface area contributed by atoms with Crippen molar-refractivity contribution in [3.8, 4) is 11.5 Å². The molecule has 0 amide bonds. The van der Waals surface area contributed by atoms with E-state index in [2.05, 4.69) is 0 Å². The number of benzene rings is 3. The van der Waals surface area contributed by atoms with Gasteiger partial charge in [-0.25, -0.2) is 8.42 Å². The van der Waals surface area contributed by atoms with Gasteiger partial charge < -0.3 is 18.5 Å². The summed E-state index contributed by atoms with van der Waals surface area (Å²) in [5.74, 6) is 0.700. The Hall–Kier alpha value is -2.82. The molecule has 3 rings (SSSR count). The van der Waals surface area contributed by atoms with Crippen LogP contribution in [-0.4, -0.2) is 39.7 Å². The van der Waals surface area contributed by atoms with Crippen LogP contribution in [0.1, 0.15) is 37.5 Å². The molecule has 0 fully saturated rings. The molecule has 3 aromatic rings. The summed E-state index contributed by atoms with van der Waals surface area (Å²) < 4.78 is 93.1. The van der Waals surface area contributed by atoms with Gasteiger partial charge in [0, 0.05) is 24.2 Å². The second kappa shape index (κ2) is 13.7. The molecular formula is C28H34F2NO7PS. The van der Waals surface area contributed by atoms with E-state index < -0.39 is 28.8 Å². The zero-order valence-electron chi connectivity index (χ0n) is 22.9. The van der Waals surface area contributed by atoms with Gasteiger partial charge in [-0.15, -0.1) is 0 Å². The predicted molar refractivity (Wildman–Crippen MR) is 148 cm³/mol. The third-order valence-corrected chi connectivity index (χ3v) is 9.88. The summed E-state index contributed by atoms with van der Waals surface area (Å²) in [5, 5.41) is 0. The fourth-order valence-corrected chi connectivity index (χ4v) is 7.14. The maximum Gasteiger partial charge on any atom is 0.404 e. The molecule has 0 aliphatic heterocycles. The molecule has 3 aromatic carbocycles. The first-order chi connectivity index (χ1) is 19.0. The van der Waals surface area contributed by atoms with Gasteiger partial charge in [0.25, 0.3) is 0 Å². The maximum absolute atomic E-state index is 15.2. The van der Waals surface area contributed by atoms with Crippen molar-refractivity contribution in [3.05, 3.63) is 89.5 Å². The van der Waals surface area contributed by atoms with Gasteiger partial charge in [0.05, 0.1) is 26.9 Å². The number of nitrogens with zero attached hydrogens (tertiary/aromatic N) is 1. The summed E-state index contributed by atoms with van der Waals surface area (Å²) in [4.78, 5) is -0.0380. The highest BCUT2D eigenvalue weighted by Gasteiger charge is 2.54. The number of para-hydroxylation sites is 2. The summed E-state index contributed by atoms with van der Waals surface area (Å²) in [5.41, 5.74) is -3.42. The number of halogens is 2. The first kappa shape index (κ1) is 31.7. The van der Waals surface area contributed by atoms with Crippen LogP contribution in [0.15, 0.2) is 77.7 Å². The van der Waals surface area contributed by atoms with Gasteiger partial charge in [0.15, 0.2) is 0 Å². The van der Waals surface area contributed by atoms with E-state index in [4.69, 9.17) is 18.5 Å². The summed E-state index contributed by atoms with van der Waals surface area (Å²) in [6, 6.07) is 18.2. The molecule has 0 aromatic heterocycles. The number of methoxy groups -OCH3 is 1. The highest BCUT2D eigenvalue weighted by atomic mass is 32.2. The molecule has 0 N–H and O–H groups in total. The molecule has 0 bridgehead atoms. The summed E-state index contributed by atoms with van der Waals surface area (Å²) in [6.07, 6.45) is 0. The van der Waals surface area contributed by atoms with Crippen molar-refractivity contribution in [2.24, 2.45) is 0 Å². The van der Waals surface area contributed by atoms with Crippen LogP contribution >= 0.6 is 7.60 Å². The Morgan fingerprint density at radius 2 is 1.38 bits per heavy atom. The molecule has 0 radical (unpaired) electrons. The molecule has 40 heavy (non-hydrogen) atoms. The van der Waals surface area contributed by atoms with Crippen molar-refractivity contribution in [1.82, 2.24) is 4.31 Å². The molecule has 0 heterocycles. The maximum atomic E-state index is 15.2. The number of hydrogen-bond donors (Lipinski definition) is 0. The Bertz CT molecular complexity index is 1410. The van der Waals surface area contributed by atoms with Crippen LogP contribution in [0.5, 0.6) is 11.5 Å². The second-order valence-corrected chi connectivity index (χ2v) is 12.5. The third-order valence-electron chi connectivity index (χ3n) is 5.91. The molecule has 0 spiro atoms. The fraction of sp³-hybridized carbons (Fsp3) is 0.357. The topological polar surface area (TPSA) is 91.4 Å². The van der Waals surface area contributed by atoms with Crippen molar-refractivity contribution in [3.63, 3.8) is 0 Å². The average Bonchev–Trinajstić information content (AvgIpc) is 2.94. The monoisotopic (exact) mass is 597 g/mol. The van der Waals surface area contributed by atoms with Gasteiger partial charge in [-0.3, -0.25) is 4.57 Å². The lowest BCUT2D eigenvalue weighted by atomic mass is 10.1. The Morgan fingerprint density at radius 1 is 0.800 bits per heavy atom. The minimum Gasteiger partial charge on any atom is -0.495 e. The zero-order chi connectivity index (χ0) is 29.4. The van der Waals surface area contributed by atoms with E-state index in [0.717, 1.165) is 12.1 Å². The van der Waals surface area contributed by atoms with Crippen molar-refractivity contribution >= 4 is 17.6 Å². The molecule has 0 aliphatic carbocycles. The van der Waals surface area contributed by atoms with Crippen LogP contribution in [0.25, 0.3) is 0 Å². The molecule has 0 saturated carbocycles. The lowest BCUT2D eigenvalue weighted by molar-refractivity contribution is 0.0360. The Labute approximate surface area is 234 Å². The van der Waals surface area contributed by atoms with E-state index in [1.807, 2.05) is 6.92 Å². The Morgan fingerprint density at radius 3 is 1.95 bits per heavy atom. The number of sulfonamides is 1. The summed E-state index contributed by atoms with van der Waals surface area (Å²) >= 11 is 0. The van der Waals surface area contributed by atoms with Crippen LogP contribution in [0, 0.1) is 0 Å². The van der Waals surface area contributed by atoms with Crippen LogP contribution < -0.4 is 9.47 Å². The minimum atomic E-state index is -4.79. The molecule has 0 aliphatic rings. The lowest BCUT2D eigenvalue weighted by Crippen LogP contribution is -2.31. The Kier molecular flexibility index (Phi) is 10.9. The van der Waals surface area contributed by atoms with Crippen LogP contribution in [0.2, 0.25) is 0 Å².